The van der Waals surface area contributed by atoms with Gasteiger partial charge in [-0.15, -0.1) is 0 Å². The second-order valence-corrected chi connectivity index (χ2v) is 6.46. The minimum Gasteiger partial charge on any atom is -0.493 e. The summed E-state index contributed by atoms with van der Waals surface area (Å²) in [6, 6.07) is 6.36. The smallest absolute Gasteiger partial charge is 0.262 e. The Kier molecular flexibility index (Phi) is 5.10. The zero-order valence-corrected chi connectivity index (χ0v) is 14.0. The molecule has 0 spiro atoms. The molecule has 0 bridgehead atoms. The van der Waals surface area contributed by atoms with Crippen molar-refractivity contribution in [2.75, 3.05) is 40.0 Å². The van der Waals surface area contributed by atoms with Gasteiger partial charge in [-0.1, -0.05) is 12.1 Å². The molecule has 0 aromatic heterocycles. The van der Waals surface area contributed by atoms with E-state index in [0.29, 0.717) is 24.6 Å². The summed E-state index contributed by atoms with van der Waals surface area (Å²) >= 11 is 0. The van der Waals surface area contributed by atoms with Gasteiger partial charge in [-0.3, -0.25) is 9.69 Å². The molecule has 2 aliphatic heterocycles. The summed E-state index contributed by atoms with van der Waals surface area (Å²) in [4.78, 5) is 15.4. The van der Waals surface area contributed by atoms with Crippen LogP contribution in [0.5, 0.6) is 11.5 Å². The van der Waals surface area contributed by atoms with E-state index >= 15 is 0 Å². The van der Waals surface area contributed by atoms with Crippen molar-refractivity contribution in [1.82, 2.24) is 9.80 Å². The van der Waals surface area contributed by atoms with Gasteiger partial charge >= 0.3 is 0 Å². The third kappa shape index (κ3) is 3.85. The van der Waals surface area contributed by atoms with Crippen molar-refractivity contribution in [3.05, 3.63) is 24.3 Å². The van der Waals surface area contributed by atoms with Crippen LogP contribution in [0.3, 0.4) is 0 Å². The summed E-state index contributed by atoms with van der Waals surface area (Å²) in [5, 5.41) is 9.28. The molecule has 1 aromatic rings. The Balaban J connectivity index is 1.48. The van der Waals surface area contributed by atoms with E-state index in [4.69, 9.17) is 9.47 Å². The quantitative estimate of drug-likeness (QED) is 0.824. The Hall–Kier alpha value is -1.93. The SMILES string of the molecule is COc1ccccc1OCC(=O)N1CC(N2CC(F)(F)C[C@H]2CO)C1. The molecule has 2 aliphatic rings. The number of alkyl halides is 2. The number of nitrogens with zero attached hydrogens (tertiary/aromatic N) is 2. The third-order valence-corrected chi connectivity index (χ3v) is 4.73. The predicted molar refractivity (Wildman–Crippen MR) is 86.0 cm³/mol. The number of carbonyl (C=O) groups excluding carboxylic acids is 1. The lowest BCUT2D eigenvalue weighted by Gasteiger charge is -2.45. The zero-order valence-electron chi connectivity index (χ0n) is 14.0. The van der Waals surface area contributed by atoms with Crippen LogP contribution >= 0.6 is 0 Å². The highest BCUT2D eigenvalue weighted by Gasteiger charge is 2.49. The van der Waals surface area contributed by atoms with Crippen LogP contribution in [0.4, 0.5) is 8.78 Å². The van der Waals surface area contributed by atoms with Crippen LogP contribution in [0.2, 0.25) is 0 Å². The van der Waals surface area contributed by atoms with Crippen molar-refractivity contribution in [1.29, 1.82) is 0 Å². The maximum Gasteiger partial charge on any atom is 0.262 e. The number of aliphatic hydroxyl groups is 1. The topological polar surface area (TPSA) is 62.2 Å². The summed E-state index contributed by atoms with van der Waals surface area (Å²) in [6.45, 7) is -0.0341. The average Bonchev–Trinajstić information content (AvgIpc) is 2.86. The molecule has 3 rings (SSSR count). The fourth-order valence-corrected chi connectivity index (χ4v) is 3.36. The van der Waals surface area contributed by atoms with Crippen molar-refractivity contribution < 1.29 is 28.2 Å². The van der Waals surface area contributed by atoms with Gasteiger partial charge in [0.15, 0.2) is 18.1 Å². The number of likely N-dealkylation sites (tertiary alicyclic amines) is 2. The van der Waals surface area contributed by atoms with E-state index < -0.39 is 12.0 Å². The lowest BCUT2D eigenvalue weighted by molar-refractivity contribution is -0.141. The van der Waals surface area contributed by atoms with E-state index in [0.717, 1.165) is 0 Å². The fraction of sp³-hybridized carbons (Fsp3) is 0.588. The maximum absolute atomic E-state index is 13.5. The van der Waals surface area contributed by atoms with Gasteiger partial charge in [-0.2, -0.15) is 0 Å². The molecule has 138 valence electrons. The maximum atomic E-state index is 13.5. The van der Waals surface area contributed by atoms with Gasteiger partial charge in [-0.25, -0.2) is 8.78 Å². The summed E-state index contributed by atoms with van der Waals surface area (Å²) in [5.41, 5.74) is 0. The lowest BCUT2D eigenvalue weighted by atomic mass is 10.1. The normalized spacial score (nSPS) is 23.4. The zero-order chi connectivity index (χ0) is 18.0. The van der Waals surface area contributed by atoms with Gasteiger partial charge in [0.2, 0.25) is 0 Å². The number of benzene rings is 1. The molecule has 1 amide bonds. The molecule has 1 N–H and O–H groups in total. The van der Waals surface area contributed by atoms with Crippen LogP contribution in [0.15, 0.2) is 24.3 Å². The highest BCUT2D eigenvalue weighted by atomic mass is 19.3. The van der Waals surface area contributed by atoms with E-state index in [2.05, 4.69) is 0 Å². The molecule has 1 atom stereocenters. The number of aliphatic hydroxyl groups excluding tert-OH is 1. The molecular weight excluding hydrogens is 334 g/mol. The van der Waals surface area contributed by atoms with E-state index in [1.807, 2.05) is 0 Å². The van der Waals surface area contributed by atoms with Crippen molar-refractivity contribution in [3.63, 3.8) is 0 Å². The van der Waals surface area contributed by atoms with Crippen molar-refractivity contribution >= 4 is 5.91 Å². The summed E-state index contributed by atoms with van der Waals surface area (Å²) < 4.78 is 37.7. The van der Waals surface area contributed by atoms with Crippen LogP contribution < -0.4 is 9.47 Å². The number of ether oxygens (including phenoxy) is 2. The van der Waals surface area contributed by atoms with Crippen LogP contribution in [0.25, 0.3) is 0 Å². The molecule has 1 aromatic carbocycles. The van der Waals surface area contributed by atoms with E-state index in [9.17, 15) is 18.7 Å². The summed E-state index contributed by atoms with van der Waals surface area (Å²) in [7, 11) is 1.52. The number of carbonyl (C=O) groups is 1. The van der Waals surface area contributed by atoms with Crippen molar-refractivity contribution in [3.8, 4) is 11.5 Å². The third-order valence-electron chi connectivity index (χ3n) is 4.73. The molecule has 0 saturated carbocycles. The largest absolute Gasteiger partial charge is 0.493 e. The minimum atomic E-state index is -2.77. The van der Waals surface area contributed by atoms with Gasteiger partial charge in [0.25, 0.3) is 11.8 Å². The molecule has 2 heterocycles. The molecule has 0 unspecified atom stereocenters. The first-order valence-electron chi connectivity index (χ1n) is 8.21. The number of para-hydroxylation sites is 2. The van der Waals surface area contributed by atoms with Gasteiger partial charge in [-0.05, 0) is 12.1 Å². The van der Waals surface area contributed by atoms with Gasteiger partial charge in [0.1, 0.15) is 0 Å². The Bertz CT molecular complexity index is 622. The van der Waals surface area contributed by atoms with Crippen LogP contribution in [-0.2, 0) is 4.79 Å². The number of halogens is 2. The second-order valence-electron chi connectivity index (χ2n) is 6.46. The molecule has 2 saturated heterocycles. The minimum absolute atomic E-state index is 0.132. The molecule has 0 aliphatic carbocycles. The average molecular weight is 356 g/mol. The van der Waals surface area contributed by atoms with Crippen molar-refractivity contribution in [2.24, 2.45) is 0 Å². The Morgan fingerprint density at radius 1 is 1.32 bits per heavy atom. The fourth-order valence-electron chi connectivity index (χ4n) is 3.36. The Labute approximate surface area is 144 Å². The van der Waals surface area contributed by atoms with Gasteiger partial charge in [0, 0.05) is 31.6 Å². The molecular formula is C17H22F2N2O4. The summed E-state index contributed by atoms with van der Waals surface area (Å²) in [5.74, 6) is -1.95. The standard InChI is InChI=1S/C17H22F2N2O4/c1-24-14-4-2-3-5-15(14)25-10-16(23)20-7-13(8-20)21-11-17(18,19)6-12(21)9-22/h2-5,12-13,22H,6-11H2,1H3/t12-/m0/s1. The number of methoxy groups -OCH3 is 1. The molecule has 6 nitrogen and oxygen atoms in total. The molecule has 8 heteroatoms. The van der Waals surface area contributed by atoms with Gasteiger partial charge < -0.3 is 19.5 Å². The van der Waals surface area contributed by atoms with Gasteiger partial charge in [0.05, 0.1) is 20.3 Å². The first-order chi connectivity index (χ1) is 11.9. The van der Waals surface area contributed by atoms with Crippen LogP contribution in [0.1, 0.15) is 6.42 Å². The van der Waals surface area contributed by atoms with Crippen LogP contribution in [-0.4, -0.2) is 78.8 Å². The number of hydrogen-bond acceptors (Lipinski definition) is 5. The highest BCUT2D eigenvalue weighted by Crippen LogP contribution is 2.35. The molecule has 0 radical (unpaired) electrons. The number of rotatable bonds is 6. The summed E-state index contributed by atoms with van der Waals surface area (Å²) in [6.07, 6.45) is -0.329. The van der Waals surface area contributed by atoms with E-state index in [1.165, 1.54) is 7.11 Å². The highest BCUT2D eigenvalue weighted by molar-refractivity contribution is 5.78. The number of hydrogen-bond donors (Lipinski definition) is 1. The first kappa shape index (κ1) is 17.9. The van der Waals surface area contributed by atoms with Crippen LogP contribution in [0, 0.1) is 0 Å². The number of amides is 1. The second kappa shape index (κ2) is 7.13. The Morgan fingerprint density at radius 2 is 2.00 bits per heavy atom. The molecule has 25 heavy (non-hydrogen) atoms. The lowest BCUT2D eigenvalue weighted by Crippen LogP contribution is -2.63. The molecule has 2 fully saturated rings. The first-order valence-corrected chi connectivity index (χ1v) is 8.21. The van der Waals surface area contributed by atoms with Crippen molar-refractivity contribution in [2.45, 2.75) is 24.4 Å². The Morgan fingerprint density at radius 3 is 2.64 bits per heavy atom. The predicted octanol–water partition coefficient (Wildman–Crippen LogP) is 0.987. The van der Waals surface area contributed by atoms with E-state index in [1.54, 1.807) is 34.1 Å². The monoisotopic (exact) mass is 356 g/mol. The van der Waals surface area contributed by atoms with E-state index in [-0.39, 0.29) is 38.1 Å².